The van der Waals surface area contributed by atoms with Crippen molar-refractivity contribution in [2.24, 2.45) is 0 Å². The van der Waals surface area contributed by atoms with Gasteiger partial charge < -0.3 is 14.7 Å². The molecule has 4 heterocycles. The second-order valence-corrected chi connectivity index (χ2v) is 10.5. The highest BCUT2D eigenvalue weighted by Crippen LogP contribution is 2.25. The van der Waals surface area contributed by atoms with E-state index >= 15 is 0 Å². The van der Waals surface area contributed by atoms with Gasteiger partial charge in [0.15, 0.2) is 0 Å². The van der Waals surface area contributed by atoms with Crippen molar-refractivity contribution >= 4 is 17.6 Å². The second kappa shape index (κ2) is 10.6. The molecular weight excluding hydrogens is 428 g/mol. The smallest absolute Gasteiger partial charge is 0.255 e. The van der Waals surface area contributed by atoms with Gasteiger partial charge in [0.1, 0.15) is 5.82 Å². The summed E-state index contributed by atoms with van der Waals surface area (Å²) in [4.78, 5) is 41.5. The van der Waals surface area contributed by atoms with E-state index in [9.17, 15) is 9.59 Å². The van der Waals surface area contributed by atoms with Crippen LogP contribution in [0.3, 0.4) is 0 Å². The van der Waals surface area contributed by atoms with Crippen molar-refractivity contribution in [2.45, 2.75) is 57.5 Å². The van der Waals surface area contributed by atoms with E-state index in [-0.39, 0.29) is 11.8 Å². The highest BCUT2D eigenvalue weighted by molar-refractivity contribution is 5.94. The van der Waals surface area contributed by atoms with Crippen molar-refractivity contribution in [3.63, 3.8) is 0 Å². The van der Waals surface area contributed by atoms with Gasteiger partial charge in [-0.05, 0) is 51.2 Å². The number of piperazine rings is 2. The summed E-state index contributed by atoms with van der Waals surface area (Å²) in [6.45, 7) is 10.8. The van der Waals surface area contributed by atoms with E-state index in [1.54, 1.807) is 6.20 Å². The molecule has 0 radical (unpaired) electrons. The van der Waals surface area contributed by atoms with Gasteiger partial charge in [-0.2, -0.15) is 0 Å². The van der Waals surface area contributed by atoms with Gasteiger partial charge in [-0.3, -0.25) is 19.4 Å². The van der Waals surface area contributed by atoms with Crippen LogP contribution in [0.15, 0.2) is 18.3 Å². The fraction of sp³-hybridized carbons (Fsp3) is 0.731. The maximum atomic E-state index is 12.9. The number of aromatic nitrogens is 1. The number of hydrogen-bond donors (Lipinski definition) is 0. The topological polar surface area (TPSA) is 63.2 Å². The zero-order chi connectivity index (χ0) is 23.5. The number of rotatable bonds is 5. The Bertz CT molecular complexity index is 841. The van der Waals surface area contributed by atoms with Crippen LogP contribution in [0, 0.1) is 0 Å². The standard InChI is InChI=1S/C26H40N6O2/c1-21-5-2-3-10-32(21)26(34)22-8-9-24(27-19-22)30-13-11-28(12-14-30)20-25(33)31-17-15-29(16-18-31)23-6-4-7-23/h8-9,19,21,23H,2-7,10-18,20H2,1H3. The van der Waals surface area contributed by atoms with Crippen LogP contribution >= 0.6 is 0 Å². The zero-order valence-corrected chi connectivity index (χ0v) is 20.7. The average Bonchev–Trinajstić information content (AvgIpc) is 2.84. The maximum Gasteiger partial charge on any atom is 0.255 e. The summed E-state index contributed by atoms with van der Waals surface area (Å²) >= 11 is 0. The third-order valence-corrected chi connectivity index (χ3v) is 8.37. The zero-order valence-electron chi connectivity index (χ0n) is 20.7. The quantitative estimate of drug-likeness (QED) is 0.658. The first-order chi connectivity index (χ1) is 16.6. The molecule has 1 unspecified atom stereocenters. The molecule has 186 valence electrons. The lowest BCUT2D eigenvalue weighted by molar-refractivity contribution is -0.134. The highest BCUT2D eigenvalue weighted by atomic mass is 16.2. The van der Waals surface area contributed by atoms with Gasteiger partial charge in [0.05, 0.1) is 12.1 Å². The van der Waals surface area contributed by atoms with Gasteiger partial charge in [0, 0.05) is 77.2 Å². The number of piperidine rings is 1. The number of carbonyl (C=O) groups is 2. The summed E-state index contributed by atoms with van der Waals surface area (Å²) < 4.78 is 0. The summed E-state index contributed by atoms with van der Waals surface area (Å²) in [6, 6.07) is 4.98. The summed E-state index contributed by atoms with van der Waals surface area (Å²) in [7, 11) is 0. The molecule has 0 aromatic carbocycles. The Morgan fingerprint density at radius 3 is 2.26 bits per heavy atom. The Balaban J connectivity index is 1.06. The predicted octanol–water partition coefficient (Wildman–Crippen LogP) is 1.91. The Morgan fingerprint density at radius 2 is 1.65 bits per heavy atom. The minimum Gasteiger partial charge on any atom is -0.354 e. The Kier molecular flexibility index (Phi) is 7.34. The van der Waals surface area contributed by atoms with Crippen LogP contribution in [-0.2, 0) is 4.79 Å². The van der Waals surface area contributed by atoms with Crippen LogP contribution in [0.4, 0.5) is 5.82 Å². The molecule has 34 heavy (non-hydrogen) atoms. The van der Waals surface area contributed by atoms with E-state index in [2.05, 4.69) is 31.5 Å². The summed E-state index contributed by atoms with van der Waals surface area (Å²) in [5, 5.41) is 0. The van der Waals surface area contributed by atoms with Gasteiger partial charge in [0.2, 0.25) is 5.91 Å². The molecule has 0 bridgehead atoms. The first-order valence-electron chi connectivity index (χ1n) is 13.3. The second-order valence-electron chi connectivity index (χ2n) is 10.5. The molecule has 8 nitrogen and oxygen atoms in total. The number of likely N-dealkylation sites (tertiary alicyclic amines) is 1. The predicted molar refractivity (Wildman–Crippen MR) is 133 cm³/mol. The fourth-order valence-corrected chi connectivity index (χ4v) is 5.78. The lowest BCUT2D eigenvalue weighted by atomic mass is 9.91. The van der Waals surface area contributed by atoms with Crippen molar-refractivity contribution in [1.29, 1.82) is 0 Å². The van der Waals surface area contributed by atoms with E-state index < -0.39 is 0 Å². The molecule has 1 aromatic rings. The monoisotopic (exact) mass is 468 g/mol. The lowest BCUT2D eigenvalue weighted by Gasteiger charge is -2.43. The molecule has 2 amide bonds. The molecule has 0 N–H and O–H groups in total. The van der Waals surface area contributed by atoms with Gasteiger partial charge in [0.25, 0.3) is 5.91 Å². The van der Waals surface area contributed by atoms with Crippen molar-refractivity contribution in [1.82, 2.24) is 24.6 Å². The van der Waals surface area contributed by atoms with Crippen molar-refractivity contribution in [2.75, 3.05) is 70.3 Å². The van der Waals surface area contributed by atoms with Crippen molar-refractivity contribution < 1.29 is 9.59 Å². The van der Waals surface area contributed by atoms with Crippen LogP contribution < -0.4 is 4.90 Å². The molecule has 8 heteroatoms. The summed E-state index contributed by atoms with van der Waals surface area (Å²) in [6.07, 6.45) is 9.15. The molecule has 3 saturated heterocycles. The van der Waals surface area contributed by atoms with Crippen LogP contribution in [0.1, 0.15) is 55.8 Å². The minimum absolute atomic E-state index is 0.100. The number of pyridine rings is 1. The molecule has 4 aliphatic rings. The SMILES string of the molecule is CC1CCCCN1C(=O)c1ccc(N2CCN(CC(=O)N3CCN(C4CCC4)CC3)CC2)nc1. The van der Waals surface area contributed by atoms with Crippen molar-refractivity contribution in [3.05, 3.63) is 23.9 Å². The molecule has 1 saturated carbocycles. The van der Waals surface area contributed by atoms with Crippen LogP contribution in [0.2, 0.25) is 0 Å². The number of hydrogen-bond acceptors (Lipinski definition) is 6. The minimum atomic E-state index is 0.100. The Hall–Kier alpha value is -2.19. The van der Waals surface area contributed by atoms with Gasteiger partial charge in [-0.1, -0.05) is 6.42 Å². The van der Waals surface area contributed by atoms with Crippen LogP contribution in [-0.4, -0.2) is 114 Å². The third-order valence-electron chi connectivity index (χ3n) is 8.37. The van der Waals surface area contributed by atoms with Crippen LogP contribution in [0.25, 0.3) is 0 Å². The maximum absolute atomic E-state index is 12.9. The van der Waals surface area contributed by atoms with Gasteiger partial charge in [-0.25, -0.2) is 4.98 Å². The molecule has 5 rings (SSSR count). The number of anilines is 1. The van der Waals surface area contributed by atoms with E-state index in [0.717, 1.165) is 83.6 Å². The summed E-state index contributed by atoms with van der Waals surface area (Å²) in [5.74, 6) is 1.29. The molecule has 0 spiro atoms. The average molecular weight is 469 g/mol. The Morgan fingerprint density at radius 1 is 0.882 bits per heavy atom. The number of amides is 2. The van der Waals surface area contributed by atoms with Gasteiger partial charge in [-0.15, -0.1) is 0 Å². The van der Waals surface area contributed by atoms with Crippen molar-refractivity contribution in [3.8, 4) is 0 Å². The van der Waals surface area contributed by atoms with E-state index in [1.807, 2.05) is 17.0 Å². The number of carbonyl (C=O) groups excluding carboxylic acids is 2. The third kappa shape index (κ3) is 5.23. The normalized spacial score (nSPS) is 25.3. The fourth-order valence-electron chi connectivity index (χ4n) is 5.78. The number of nitrogens with zero attached hydrogens (tertiary/aromatic N) is 6. The molecule has 4 fully saturated rings. The highest BCUT2D eigenvalue weighted by Gasteiger charge is 2.30. The molecule has 3 aliphatic heterocycles. The van der Waals surface area contributed by atoms with E-state index in [0.29, 0.717) is 18.2 Å². The molecular formula is C26H40N6O2. The van der Waals surface area contributed by atoms with E-state index in [1.165, 1.54) is 25.7 Å². The largest absolute Gasteiger partial charge is 0.354 e. The Labute approximate surface area is 203 Å². The van der Waals surface area contributed by atoms with E-state index in [4.69, 9.17) is 0 Å². The van der Waals surface area contributed by atoms with Crippen LogP contribution in [0.5, 0.6) is 0 Å². The summed E-state index contributed by atoms with van der Waals surface area (Å²) in [5.41, 5.74) is 0.680. The van der Waals surface area contributed by atoms with Gasteiger partial charge >= 0.3 is 0 Å². The first-order valence-corrected chi connectivity index (χ1v) is 13.3. The molecule has 1 aromatic heterocycles. The lowest BCUT2D eigenvalue weighted by Crippen LogP contribution is -2.56. The molecule has 1 atom stereocenters. The molecule has 1 aliphatic carbocycles. The first kappa shape index (κ1) is 23.5.